The zero-order valence-electron chi connectivity index (χ0n) is 12.8. The molecular weight excluding hydrogens is 270 g/mol. The maximum atomic E-state index is 6.26. The molecule has 4 heteroatoms. The fourth-order valence-corrected chi connectivity index (χ4v) is 3.10. The molecule has 1 N–H and O–H groups in total. The zero-order valence-corrected chi connectivity index (χ0v) is 13.5. The van der Waals surface area contributed by atoms with Crippen molar-refractivity contribution in [1.82, 2.24) is 15.2 Å². The third kappa shape index (κ3) is 4.18. The summed E-state index contributed by atoms with van der Waals surface area (Å²) in [5.41, 5.74) is 1.19. The van der Waals surface area contributed by atoms with Crippen LogP contribution in [0.4, 0.5) is 0 Å². The summed E-state index contributed by atoms with van der Waals surface area (Å²) >= 11 is 6.26. The lowest BCUT2D eigenvalue weighted by atomic mass is 9.98. The highest BCUT2D eigenvalue weighted by Gasteiger charge is 2.27. The first-order valence-electron chi connectivity index (χ1n) is 7.66. The van der Waals surface area contributed by atoms with Crippen LogP contribution in [-0.4, -0.2) is 35.1 Å². The lowest BCUT2D eigenvalue weighted by Gasteiger charge is -2.41. The van der Waals surface area contributed by atoms with Crippen molar-refractivity contribution in [1.29, 1.82) is 0 Å². The molecular formula is C16H26ClN3. The lowest BCUT2D eigenvalue weighted by Crippen LogP contribution is -2.56. The molecule has 1 aliphatic rings. The van der Waals surface area contributed by atoms with Crippen molar-refractivity contribution in [3.05, 3.63) is 29.0 Å². The molecule has 20 heavy (non-hydrogen) atoms. The Morgan fingerprint density at radius 3 is 2.95 bits per heavy atom. The molecule has 2 rings (SSSR count). The molecule has 1 fully saturated rings. The lowest BCUT2D eigenvalue weighted by molar-refractivity contribution is 0.105. The minimum Gasteiger partial charge on any atom is -0.311 e. The predicted molar refractivity (Wildman–Crippen MR) is 85.0 cm³/mol. The minimum atomic E-state index is 0.596. The van der Waals surface area contributed by atoms with Crippen LogP contribution in [0.1, 0.15) is 39.2 Å². The van der Waals surface area contributed by atoms with E-state index in [-0.39, 0.29) is 0 Å². The molecule has 3 nitrogen and oxygen atoms in total. The minimum absolute atomic E-state index is 0.596. The van der Waals surface area contributed by atoms with E-state index in [2.05, 4.69) is 36.0 Å². The molecule has 0 radical (unpaired) electrons. The second-order valence-corrected chi connectivity index (χ2v) is 6.60. The van der Waals surface area contributed by atoms with E-state index in [9.17, 15) is 0 Å². The van der Waals surface area contributed by atoms with Gasteiger partial charge in [0.15, 0.2) is 0 Å². The number of aromatic nitrogens is 1. The summed E-state index contributed by atoms with van der Waals surface area (Å²) < 4.78 is 0. The van der Waals surface area contributed by atoms with Crippen molar-refractivity contribution in [3.8, 4) is 0 Å². The number of nitrogens with one attached hydrogen (secondary N) is 1. The molecule has 0 saturated carbocycles. The van der Waals surface area contributed by atoms with E-state index >= 15 is 0 Å². The van der Waals surface area contributed by atoms with Crippen LogP contribution < -0.4 is 5.32 Å². The Balaban J connectivity index is 2.08. The third-order valence-corrected chi connectivity index (χ3v) is 4.42. The number of halogens is 1. The van der Waals surface area contributed by atoms with Gasteiger partial charge in [0.1, 0.15) is 0 Å². The summed E-state index contributed by atoms with van der Waals surface area (Å²) in [5.74, 6) is 0.718. The van der Waals surface area contributed by atoms with Crippen molar-refractivity contribution >= 4 is 11.6 Å². The smallest absolute Gasteiger partial charge is 0.0634 e. The zero-order chi connectivity index (χ0) is 14.5. The molecule has 2 atom stereocenters. The first kappa shape index (κ1) is 15.7. The average Bonchev–Trinajstić information content (AvgIpc) is 2.42. The summed E-state index contributed by atoms with van der Waals surface area (Å²) in [7, 11) is 0. The molecule has 0 aliphatic carbocycles. The van der Waals surface area contributed by atoms with E-state index in [1.54, 1.807) is 6.20 Å². The van der Waals surface area contributed by atoms with E-state index in [1.807, 2.05) is 12.3 Å². The first-order valence-corrected chi connectivity index (χ1v) is 8.03. The third-order valence-electron chi connectivity index (χ3n) is 4.08. The van der Waals surface area contributed by atoms with Gasteiger partial charge in [-0.2, -0.15) is 0 Å². The van der Waals surface area contributed by atoms with Crippen molar-refractivity contribution in [3.63, 3.8) is 0 Å². The van der Waals surface area contributed by atoms with Crippen molar-refractivity contribution in [2.75, 3.05) is 13.1 Å². The summed E-state index contributed by atoms with van der Waals surface area (Å²) in [6.45, 7) is 9.95. The molecule has 0 spiro atoms. The number of hydrogen-bond acceptors (Lipinski definition) is 3. The summed E-state index contributed by atoms with van der Waals surface area (Å²) in [6.07, 6.45) is 5.98. The van der Waals surface area contributed by atoms with Crippen molar-refractivity contribution < 1.29 is 0 Å². The first-order chi connectivity index (χ1) is 9.60. The van der Waals surface area contributed by atoms with E-state index in [0.29, 0.717) is 12.1 Å². The van der Waals surface area contributed by atoms with E-state index in [0.717, 1.165) is 30.6 Å². The largest absolute Gasteiger partial charge is 0.311 e. The fraction of sp³-hybridized carbons (Fsp3) is 0.688. The van der Waals surface area contributed by atoms with Gasteiger partial charge >= 0.3 is 0 Å². The van der Waals surface area contributed by atoms with Crippen LogP contribution >= 0.6 is 11.6 Å². The van der Waals surface area contributed by atoms with Crippen LogP contribution in [0.5, 0.6) is 0 Å². The highest BCUT2D eigenvalue weighted by molar-refractivity contribution is 6.31. The molecule has 0 amide bonds. The van der Waals surface area contributed by atoms with Crippen LogP contribution in [0, 0.1) is 5.92 Å². The Bertz CT molecular complexity index is 422. The number of pyridine rings is 1. The van der Waals surface area contributed by atoms with Gasteiger partial charge in [0, 0.05) is 44.1 Å². The summed E-state index contributed by atoms with van der Waals surface area (Å²) in [5, 5.41) is 4.45. The van der Waals surface area contributed by atoms with Gasteiger partial charge in [-0.3, -0.25) is 9.88 Å². The Morgan fingerprint density at radius 1 is 1.50 bits per heavy atom. The second kappa shape index (κ2) is 7.39. The molecule has 0 aromatic carbocycles. The molecule has 2 unspecified atom stereocenters. The maximum Gasteiger partial charge on any atom is 0.0634 e. The predicted octanol–water partition coefficient (Wildman–Crippen LogP) is 3.33. The van der Waals surface area contributed by atoms with Crippen LogP contribution in [0.2, 0.25) is 5.02 Å². The summed E-state index contributed by atoms with van der Waals surface area (Å²) in [6, 6.07) is 3.23. The quantitative estimate of drug-likeness (QED) is 0.903. The van der Waals surface area contributed by atoms with Gasteiger partial charge in [-0.1, -0.05) is 32.4 Å². The number of piperazine rings is 1. The topological polar surface area (TPSA) is 28.2 Å². The molecule has 2 heterocycles. The van der Waals surface area contributed by atoms with Crippen LogP contribution in [-0.2, 0) is 6.54 Å². The van der Waals surface area contributed by atoms with Gasteiger partial charge in [-0.15, -0.1) is 0 Å². The Morgan fingerprint density at radius 2 is 2.30 bits per heavy atom. The van der Waals surface area contributed by atoms with Gasteiger partial charge < -0.3 is 5.32 Å². The molecule has 1 aromatic rings. The van der Waals surface area contributed by atoms with Crippen LogP contribution in [0.15, 0.2) is 18.5 Å². The van der Waals surface area contributed by atoms with Crippen LogP contribution in [0.25, 0.3) is 0 Å². The van der Waals surface area contributed by atoms with Crippen LogP contribution in [0.3, 0.4) is 0 Å². The number of nitrogens with zero attached hydrogens (tertiary/aromatic N) is 2. The Hall–Kier alpha value is -0.640. The van der Waals surface area contributed by atoms with Gasteiger partial charge in [0.05, 0.1) is 5.02 Å². The second-order valence-electron chi connectivity index (χ2n) is 6.19. The highest BCUT2D eigenvalue weighted by atomic mass is 35.5. The molecule has 0 bridgehead atoms. The summed E-state index contributed by atoms with van der Waals surface area (Å²) in [4.78, 5) is 6.66. The monoisotopic (exact) mass is 295 g/mol. The maximum absolute atomic E-state index is 6.26. The van der Waals surface area contributed by atoms with Gasteiger partial charge in [0.25, 0.3) is 0 Å². The van der Waals surface area contributed by atoms with E-state index in [1.165, 1.54) is 18.4 Å². The average molecular weight is 296 g/mol. The molecule has 1 aromatic heterocycles. The van der Waals surface area contributed by atoms with Gasteiger partial charge in [0.2, 0.25) is 0 Å². The standard InChI is InChI=1S/C16H26ClN3/c1-4-14-11-20(15(8-19-14)7-12(2)3)10-13-5-6-18-9-16(13)17/h5-6,9,12,14-15,19H,4,7-8,10-11H2,1-3H3. The molecule has 112 valence electrons. The van der Waals surface area contributed by atoms with Gasteiger partial charge in [-0.05, 0) is 30.4 Å². The van der Waals surface area contributed by atoms with E-state index < -0.39 is 0 Å². The fourth-order valence-electron chi connectivity index (χ4n) is 2.92. The highest BCUT2D eigenvalue weighted by Crippen LogP contribution is 2.22. The Labute approximate surface area is 127 Å². The normalized spacial score (nSPS) is 24.2. The SMILES string of the molecule is CCC1CN(Cc2ccncc2Cl)C(CC(C)C)CN1. The number of hydrogen-bond donors (Lipinski definition) is 1. The van der Waals surface area contributed by atoms with Crippen molar-refractivity contribution in [2.24, 2.45) is 5.92 Å². The molecule has 1 aliphatic heterocycles. The Kier molecular flexibility index (Phi) is 5.82. The van der Waals surface area contributed by atoms with Crippen molar-refractivity contribution in [2.45, 2.75) is 52.2 Å². The van der Waals surface area contributed by atoms with E-state index in [4.69, 9.17) is 11.6 Å². The number of rotatable bonds is 5. The molecule has 1 saturated heterocycles. The van der Waals surface area contributed by atoms with Gasteiger partial charge in [-0.25, -0.2) is 0 Å².